The van der Waals surface area contributed by atoms with Crippen LogP contribution in [0.5, 0.6) is 0 Å². The van der Waals surface area contributed by atoms with Crippen molar-refractivity contribution < 1.29 is 14.7 Å². The van der Waals surface area contributed by atoms with E-state index < -0.39 is 11.8 Å². The van der Waals surface area contributed by atoms with Crippen LogP contribution in [0.4, 0.5) is 5.69 Å². The van der Waals surface area contributed by atoms with Gasteiger partial charge in [-0.25, -0.2) is 0 Å². The highest BCUT2D eigenvalue weighted by atomic mass is 16.3. The number of aryl methyl sites for hydroxylation is 2. The van der Waals surface area contributed by atoms with Crippen molar-refractivity contribution in [2.45, 2.75) is 13.8 Å². The Labute approximate surface area is 127 Å². The average molecular weight is 299 g/mol. The lowest BCUT2D eigenvalue weighted by atomic mass is 10.1. The van der Waals surface area contributed by atoms with Crippen LogP contribution in [0, 0.1) is 13.8 Å². The highest BCUT2D eigenvalue weighted by Gasteiger charge is 2.30. The fourth-order valence-corrected chi connectivity index (χ4v) is 2.60. The molecule has 0 radical (unpaired) electrons. The van der Waals surface area contributed by atoms with E-state index in [9.17, 15) is 9.59 Å². The summed E-state index contributed by atoms with van der Waals surface area (Å²) in [5.41, 5.74) is 4.26. The van der Waals surface area contributed by atoms with Crippen LogP contribution in [0.1, 0.15) is 11.3 Å². The number of nitrogens with one attached hydrogen (secondary N) is 2. The number of hydrogen-bond donors (Lipinski definition) is 3. The van der Waals surface area contributed by atoms with E-state index >= 15 is 0 Å². The number of fused-ring (bicyclic) bond motifs is 1. The number of aliphatic hydroxyl groups excluding tert-OH is 1. The number of H-pyrrole nitrogens is 1. The number of amides is 2. The summed E-state index contributed by atoms with van der Waals surface area (Å²) in [5, 5.41) is 13.0. The standard InChI is InChI=1S/C16H17N3O3/c1-9-10(2)17-13-4-3-11(7-12(9)13)18-14-8-15(21)19(5-6-20)16(14)22/h3-4,7-8,17-18,20H,5-6H2,1-2H3. The molecule has 1 aliphatic heterocycles. The molecule has 1 aliphatic rings. The van der Waals surface area contributed by atoms with Crippen molar-refractivity contribution in [3.05, 3.63) is 41.2 Å². The molecule has 0 fully saturated rings. The molecule has 3 N–H and O–H groups in total. The van der Waals surface area contributed by atoms with E-state index in [1.165, 1.54) is 6.08 Å². The topological polar surface area (TPSA) is 85.4 Å². The summed E-state index contributed by atoms with van der Waals surface area (Å²) in [5.74, 6) is -0.822. The zero-order valence-electron chi connectivity index (χ0n) is 12.4. The molecule has 2 heterocycles. The van der Waals surface area contributed by atoms with Gasteiger partial charge in [-0.2, -0.15) is 0 Å². The van der Waals surface area contributed by atoms with E-state index in [0.717, 1.165) is 32.7 Å². The van der Waals surface area contributed by atoms with E-state index in [2.05, 4.69) is 10.3 Å². The molecule has 0 saturated heterocycles. The molecule has 0 atom stereocenters. The number of carbonyl (C=O) groups excluding carboxylic acids is 2. The van der Waals surface area contributed by atoms with Crippen LogP contribution in [0.15, 0.2) is 30.0 Å². The van der Waals surface area contributed by atoms with Gasteiger partial charge in [-0.3, -0.25) is 14.5 Å². The number of benzene rings is 1. The van der Waals surface area contributed by atoms with Crippen molar-refractivity contribution in [3.8, 4) is 0 Å². The molecule has 2 aromatic rings. The Kier molecular flexibility index (Phi) is 3.46. The lowest BCUT2D eigenvalue weighted by Gasteiger charge is -2.13. The molecule has 3 rings (SSSR count). The zero-order valence-corrected chi connectivity index (χ0v) is 12.4. The first-order chi connectivity index (χ1) is 10.5. The van der Waals surface area contributed by atoms with Gasteiger partial charge in [0.25, 0.3) is 11.8 Å². The minimum atomic E-state index is -0.416. The molecule has 0 bridgehead atoms. The van der Waals surface area contributed by atoms with Gasteiger partial charge < -0.3 is 15.4 Å². The maximum absolute atomic E-state index is 12.1. The van der Waals surface area contributed by atoms with Crippen LogP contribution in [-0.2, 0) is 9.59 Å². The second kappa shape index (κ2) is 5.31. The van der Waals surface area contributed by atoms with Gasteiger partial charge in [0.1, 0.15) is 5.70 Å². The van der Waals surface area contributed by atoms with Gasteiger partial charge in [-0.05, 0) is 37.6 Å². The Morgan fingerprint density at radius 2 is 2.05 bits per heavy atom. The van der Waals surface area contributed by atoms with Gasteiger partial charge in [0.05, 0.1) is 13.2 Å². The number of nitrogens with zero attached hydrogens (tertiary/aromatic N) is 1. The molecule has 6 nitrogen and oxygen atoms in total. The van der Waals surface area contributed by atoms with Crippen molar-refractivity contribution in [1.29, 1.82) is 0 Å². The van der Waals surface area contributed by atoms with Crippen molar-refractivity contribution in [2.75, 3.05) is 18.5 Å². The molecule has 0 aliphatic carbocycles. The van der Waals surface area contributed by atoms with Crippen LogP contribution in [0.2, 0.25) is 0 Å². The summed E-state index contributed by atoms with van der Waals surface area (Å²) in [4.78, 5) is 28.1. The number of anilines is 1. The third-order valence-electron chi connectivity index (χ3n) is 3.92. The Balaban J connectivity index is 1.87. The van der Waals surface area contributed by atoms with Crippen LogP contribution in [0.3, 0.4) is 0 Å². The highest BCUT2D eigenvalue weighted by Crippen LogP contribution is 2.26. The maximum Gasteiger partial charge on any atom is 0.277 e. The lowest BCUT2D eigenvalue weighted by molar-refractivity contribution is -0.137. The molecular weight excluding hydrogens is 282 g/mol. The van der Waals surface area contributed by atoms with Crippen LogP contribution in [-0.4, -0.2) is 40.0 Å². The molecule has 1 aromatic heterocycles. The van der Waals surface area contributed by atoms with E-state index in [1.54, 1.807) is 0 Å². The second-order valence-corrected chi connectivity index (χ2v) is 5.34. The number of carbonyl (C=O) groups is 2. The summed E-state index contributed by atoms with van der Waals surface area (Å²) in [6.07, 6.45) is 1.26. The first-order valence-corrected chi connectivity index (χ1v) is 7.05. The average Bonchev–Trinajstić information content (AvgIpc) is 2.91. The van der Waals surface area contributed by atoms with Crippen molar-refractivity contribution in [1.82, 2.24) is 9.88 Å². The molecule has 0 spiro atoms. The van der Waals surface area contributed by atoms with Crippen molar-refractivity contribution in [2.24, 2.45) is 0 Å². The van der Waals surface area contributed by atoms with E-state index in [1.807, 2.05) is 32.0 Å². The number of imide groups is 1. The first kappa shape index (κ1) is 14.3. The van der Waals surface area contributed by atoms with E-state index in [4.69, 9.17) is 5.11 Å². The van der Waals surface area contributed by atoms with Gasteiger partial charge in [-0.15, -0.1) is 0 Å². The molecule has 1 aromatic carbocycles. The van der Waals surface area contributed by atoms with Crippen LogP contribution in [0.25, 0.3) is 10.9 Å². The SMILES string of the molecule is Cc1[nH]c2ccc(NC3=CC(=O)N(CCO)C3=O)cc2c1C. The van der Waals surface area contributed by atoms with Gasteiger partial charge >= 0.3 is 0 Å². The quantitative estimate of drug-likeness (QED) is 0.746. The van der Waals surface area contributed by atoms with Gasteiger partial charge in [0, 0.05) is 28.4 Å². The Morgan fingerprint density at radius 3 is 2.77 bits per heavy atom. The molecule has 2 amide bonds. The molecule has 114 valence electrons. The summed E-state index contributed by atoms with van der Waals surface area (Å²) in [6.45, 7) is 3.81. The third kappa shape index (κ3) is 2.27. The van der Waals surface area contributed by atoms with Crippen molar-refractivity contribution >= 4 is 28.4 Å². The Bertz CT molecular complexity index is 804. The number of aliphatic hydroxyl groups is 1. The smallest absolute Gasteiger partial charge is 0.277 e. The third-order valence-corrected chi connectivity index (χ3v) is 3.92. The van der Waals surface area contributed by atoms with E-state index in [0.29, 0.717) is 0 Å². The minimum absolute atomic E-state index is 0.00843. The fraction of sp³-hybridized carbons (Fsp3) is 0.250. The number of aromatic amines is 1. The molecule has 22 heavy (non-hydrogen) atoms. The normalized spacial score (nSPS) is 14.9. The predicted octanol–water partition coefficient (Wildman–Crippen LogP) is 1.44. The maximum atomic E-state index is 12.1. The van der Waals surface area contributed by atoms with Gasteiger partial charge in [0.2, 0.25) is 0 Å². The number of hydrogen-bond acceptors (Lipinski definition) is 4. The zero-order chi connectivity index (χ0) is 15.9. The molecular formula is C16H17N3O3. The summed E-state index contributed by atoms with van der Waals surface area (Å²) in [6, 6.07) is 5.73. The Morgan fingerprint density at radius 1 is 1.27 bits per heavy atom. The number of aromatic nitrogens is 1. The van der Waals surface area contributed by atoms with Gasteiger partial charge in [-0.1, -0.05) is 0 Å². The van der Waals surface area contributed by atoms with Crippen LogP contribution >= 0.6 is 0 Å². The Hall–Kier alpha value is -2.60. The summed E-state index contributed by atoms with van der Waals surface area (Å²) >= 11 is 0. The fourth-order valence-electron chi connectivity index (χ4n) is 2.60. The number of β-amino-alcohol motifs (C(OH)–C–C–N with tert-alkyl or cyclic N) is 1. The molecule has 6 heteroatoms. The minimum Gasteiger partial charge on any atom is -0.395 e. The molecule has 0 unspecified atom stereocenters. The predicted molar refractivity (Wildman–Crippen MR) is 83.3 cm³/mol. The summed E-state index contributed by atoms with van der Waals surface area (Å²) in [7, 11) is 0. The van der Waals surface area contributed by atoms with E-state index in [-0.39, 0.29) is 18.8 Å². The highest BCUT2D eigenvalue weighted by molar-refractivity contribution is 6.17. The largest absolute Gasteiger partial charge is 0.395 e. The van der Waals surface area contributed by atoms with Gasteiger partial charge in [0.15, 0.2) is 0 Å². The summed E-state index contributed by atoms with van der Waals surface area (Å²) < 4.78 is 0. The second-order valence-electron chi connectivity index (χ2n) is 5.34. The van der Waals surface area contributed by atoms with Crippen LogP contribution < -0.4 is 5.32 Å². The molecule has 0 saturated carbocycles. The lowest BCUT2D eigenvalue weighted by Crippen LogP contribution is -2.34. The monoisotopic (exact) mass is 299 g/mol. The first-order valence-electron chi connectivity index (χ1n) is 7.05. The van der Waals surface area contributed by atoms with Crippen molar-refractivity contribution in [3.63, 3.8) is 0 Å². The number of rotatable bonds is 4.